The van der Waals surface area contributed by atoms with Crippen LogP contribution in [0.3, 0.4) is 0 Å². The fourth-order valence-electron chi connectivity index (χ4n) is 4.21. The average molecular weight is 445 g/mol. The van der Waals surface area contributed by atoms with Gasteiger partial charge in [-0.05, 0) is 68.5 Å². The maximum atomic E-state index is 13.5. The minimum Gasteiger partial charge on any atom is -0.322 e. The van der Waals surface area contributed by atoms with E-state index in [1.54, 1.807) is 0 Å². The van der Waals surface area contributed by atoms with Gasteiger partial charge in [-0.1, -0.05) is 42.8 Å². The molecule has 5 rings (SSSR count). The van der Waals surface area contributed by atoms with Crippen molar-refractivity contribution in [2.45, 2.75) is 46.0 Å². The lowest BCUT2D eigenvalue weighted by molar-refractivity contribution is 0.102. The predicted octanol–water partition coefficient (Wildman–Crippen LogP) is 6.38. The van der Waals surface area contributed by atoms with Gasteiger partial charge in [0.25, 0.3) is 5.91 Å². The molecule has 0 spiro atoms. The third-order valence-corrected chi connectivity index (χ3v) is 6.60. The zero-order valence-corrected chi connectivity index (χ0v) is 19.2. The van der Waals surface area contributed by atoms with E-state index in [1.807, 2.05) is 67.1 Å². The third kappa shape index (κ3) is 3.56. The number of hydrogen-bond acceptors (Lipinski definition) is 3. The van der Waals surface area contributed by atoms with Gasteiger partial charge in [0.1, 0.15) is 0 Å². The number of anilines is 1. The molecule has 162 valence electrons. The summed E-state index contributed by atoms with van der Waals surface area (Å²) in [7, 11) is 0. The summed E-state index contributed by atoms with van der Waals surface area (Å²) < 4.78 is 1.83. The SMILES string of the molecule is CCc1ccccc1NC(=O)c1cc(C2CC2)nc2c1c(C)nn2-c1cccc(Cl)c1C. The Morgan fingerprint density at radius 2 is 1.94 bits per heavy atom. The van der Waals surface area contributed by atoms with Crippen molar-refractivity contribution >= 4 is 34.2 Å². The summed E-state index contributed by atoms with van der Waals surface area (Å²) in [6, 6.07) is 15.6. The van der Waals surface area contributed by atoms with Gasteiger partial charge in [-0.3, -0.25) is 4.79 Å². The molecule has 2 aromatic carbocycles. The Hall–Kier alpha value is -3.18. The van der Waals surface area contributed by atoms with E-state index in [2.05, 4.69) is 12.2 Å². The summed E-state index contributed by atoms with van der Waals surface area (Å²) in [4.78, 5) is 18.5. The van der Waals surface area contributed by atoms with Gasteiger partial charge >= 0.3 is 0 Å². The molecule has 0 atom stereocenters. The number of nitrogens with one attached hydrogen (secondary N) is 1. The van der Waals surface area contributed by atoms with Crippen LogP contribution in [0.25, 0.3) is 16.7 Å². The van der Waals surface area contributed by atoms with Crippen LogP contribution >= 0.6 is 11.6 Å². The molecule has 4 aromatic rings. The second kappa shape index (κ2) is 8.06. The monoisotopic (exact) mass is 444 g/mol. The van der Waals surface area contributed by atoms with E-state index >= 15 is 0 Å². The van der Waals surface area contributed by atoms with Crippen LogP contribution in [0.2, 0.25) is 5.02 Å². The van der Waals surface area contributed by atoms with Crippen LogP contribution in [-0.4, -0.2) is 20.7 Å². The van der Waals surface area contributed by atoms with Crippen LogP contribution in [0.4, 0.5) is 5.69 Å². The van der Waals surface area contributed by atoms with E-state index in [0.29, 0.717) is 22.2 Å². The van der Waals surface area contributed by atoms with Crippen molar-refractivity contribution in [2.75, 3.05) is 5.32 Å². The summed E-state index contributed by atoms with van der Waals surface area (Å²) in [5, 5.41) is 9.37. The quantitative estimate of drug-likeness (QED) is 0.388. The molecule has 6 heteroatoms. The summed E-state index contributed by atoms with van der Waals surface area (Å²) in [5.41, 5.74) is 6.79. The van der Waals surface area contributed by atoms with Gasteiger partial charge in [0.05, 0.1) is 22.3 Å². The van der Waals surface area contributed by atoms with Crippen molar-refractivity contribution < 1.29 is 4.79 Å². The predicted molar refractivity (Wildman–Crippen MR) is 129 cm³/mol. The highest BCUT2D eigenvalue weighted by Crippen LogP contribution is 2.41. The van der Waals surface area contributed by atoms with Crippen molar-refractivity contribution in [3.05, 3.63) is 81.6 Å². The Bertz CT molecular complexity index is 1350. The Kier molecular flexibility index (Phi) is 5.22. The van der Waals surface area contributed by atoms with E-state index < -0.39 is 0 Å². The molecule has 1 N–H and O–H groups in total. The largest absolute Gasteiger partial charge is 0.322 e. The van der Waals surface area contributed by atoms with E-state index in [0.717, 1.165) is 58.5 Å². The fourth-order valence-corrected chi connectivity index (χ4v) is 4.38. The summed E-state index contributed by atoms with van der Waals surface area (Å²) in [6.45, 7) is 5.98. The molecule has 0 unspecified atom stereocenters. The number of pyridine rings is 1. The number of amides is 1. The zero-order valence-electron chi connectivity index (χ0n) is 18.4. The van der Waals surface area contributed by atoms with Gasteiger partial charge in [0, 0.05) is 22.3 Å². The van der Waals surface area contributed by atoms with Crippen LogP contribution in [-0.2, 0) is 6.42 Å². The van der Waals surface area contributed by atoms with Crippen LogP contribution < -0.4 is 5.32 Å². The second-order valence-corrected chi connectivity index (χ2v) is 8.82. The topological polar surface area (TPSA) is 59.8 Å². The molecule has 0 saturated heterocycles. The van der Waals surface area contributed by atoms with Gasteiger partial charge in [0.2, 0.25) is 0 Å². The number of nitrogens with zero attached hydrogens (tertiary/aromatic N) is 3. The number of para-hydroxylation sites is 1. The van der Waals surface area contributed by atoms with Crippen LogP contribution in [0.5, 0.6) is 0 Å². The first-order valence-corrected chi connectivity index (χ1v) is 11.4. The van der Waals surface area contributed by atoms with Crippen LogP contribution in [0.15, 0.2) is 48.5 Å². The number of hydrogen-bond donors (Lipinski definition) is 1. The van der Waals surface area contributed by atoms with Gasteiger partial charge in [-0.25, -0.2) is 9.67 Å². The lowest BCUT2D eigenvalue weighted by atomic mass is 10.1. The smallest absolute Gasteiger partial charge is 0.256 e. The maximum Gasteiger partial charge on any atom is 0.256 e. The van der Waals surface area contributed by atoms with Crippen LogP contribution in [0, 0.1) is 13.8 Å². The molecule has 2 aromatic heterocycles. The molecule has 1 fully saturated rings. The highest BCUT2D eigenvalue weighted by Gasteiger charge is 2.29. The molecular formula is C26H25ClN4O. The van der Waals surface area contributed by atoms with Crippen molar-refractivity contribution in [3.63, 3.8) is 0 Å². The molecule has 1 amide bonds. The van der Waals surface area contributed by atoms with E-state index in [1.165, 1.54) is 0 Å². The van der Waals surface area contributed by atoms with Gasteiger partial charge in [-0.2, -0.15) is 5.10 Å². The first-order valence-electron chi connectivity index (χ1n) is 11.0. The Morgan fingerprint density at radius 3 is 2.69 bits per heavy atom. The molecular weight excluding hydrogens is 420 g/mol. The molecule has 1 aliphatic carbocycles. The van der Waals surface area contributed by atoms with E-state index in [-0.39, 0.29) is 5.91 Å². The second-order valence-electron chi connectivity index (χ2n) is 8.41. The molecule has 0 bridgehead atoms. The normalized spacial score (nSPS) is 13.5. The molecule has 5 nitrogen and oxygen atoms in total. The molecule has 1 aliphatic rings. The minimum atomic E-state index is -0.134. The first-order chi connectivity index (χ1) is 15.5. The standard InChI is InChI=1S/C26H25ClN4O/c1-4-17-8-5-6-10-21(17)29-26(32)19-14-22(18-12-13-18)28-25-24(19)16(3)30-31(25)23-11-7-9-20(27)15(23)2/h5-11,14,18H,4,12-13H2,1-3H3,(H,29,32). The Balaban J connectivity index is 1.68. The average Bonchev–Trinajstić information content (AvgIpc) is 3.59. The molecule has 2 heterocycles. The van der Waals surface area contributed by atoms with E-state index in [4.69, 9.17) is 21.7 Å². The van der Waals surface area contributed by atoms with Gasteiger partial charge < -0.3 is 5.32 Å². The molecule has 0 aliphatic heterocycles. The maximum absolute atomic E-state index is 13.5. The lowest BCUT2D eigenvalue weighted by Crippen LogP contribution is -2.15. The van der Waals surface area contributed by atoms with Crippen LogP contribution in [0.1, 0.15) is 58.6 Å². The Morgan fingerprint density at radius 1 is 1.16 bits per heavy atom. The first kappa shape index (κ1) is 20.7. The zero-order chi connectivity index (χ0) is 22.4. The number of carbonyl (C=O) groups excluding carboxylic acids is 1. The highest BCUT2D eigenvalue weighted by molar-refractivity contribution is 6.31. The fraction of sp³-hybridized carbons (Fsp3) is 0.269. The number of aryl methyl sites for hydroxylation is 2. The number of carbonyl (C=O) groups is 1. The third-order valence-electron chi connectivity index (χ3n) is 6.19. The number of rotatable bonds is 5. The minimum absolute atomic E-state index is 0.134. The van der Waals surface area contributed by atoms with Crippen molar-refractivity contribution in [3.8, 4) is 5.69 Å². The number of aromatic nitrogens is 3. The van der Waals surface area contributed by atoms with Gasteiger partial charge in [0.15, 0.2) is 5.65 Å². The van der Waals surface area contributed by atoms with Gasteiger partial charge in [-0.15, -0.1) is 0 Å². The number of halogens is 1. The molecule has 32 heavy (non-hydrogen) atoms. The summed E-state index contributed by atoms with van der Waals surface area (Å²) in [5.74, 6) is 0.267. The molecule has 1 saturated carbocycles. The highest BCUT2D eigenvalue weighted by atomic mass is 35.5. The van der Waals surface area contributed by atoms with Crippen molar-refractivity contribution in [1.82, 2.24) is 14.8 Å². The molecule has 0 radical (unpaired) electrons. The van der Waals surface area contributed by atoms with E-state index in [9.17, 15) is 4.79 Å². The van der Waals surface area contributed by atoms with Crippen molar-refractivity contribution in [1.29, 1.82) is 0 Å². The lowest BCUT2D eigenvalue weighted by Gasteiger charge is -2.12. The summed E-state index contributed by atoms with van der Waals surface area (Å²) in [6.07, 6.45) is 3.05. The summed E-state index contributed by atoms with van der Waals surface area (Å²) >= 11 is 6.39. The Labute approximate surface area is 192 Å². The number of fused-ring (bicyclic) bond motifs is 1. The van der Waals surface area contributed by atoms with Crippen molar-refractivity contribution in [2.24, 2.45) is 0 Å². The number of benzene rings is 2.